The molecule has 0 aliphatic carbocycles. The summed E-state index contributed by atoms with van der Waals surface area (Å²) in [6, 6.07) is -0.561. The number of hydrogen-bond acceptors (Lipinski definition) is 4. The number of amides is 2. The molecule has 2 amide bonds. The molecule has 0 rings (SSSR count). The van der Waals surface area contributed by atoms with Crippen LogP contribution in [0, 0.1) is 0 Å². The Kier molecular flexibility index (Phi) is 5.70. The van der Waals surface area contributed by atoms with Crippen LogP contribution < -0.4 is 10.4 Å². The van der Waals surface area contributed by atoms with Gasteiger partial charge in [-0.05, 0) is 6.42 Å². The topological polar surface area (TPSA) is 76.7 Å². The van der Waals surface area contributed by atoms with E-state index in [1.54, 1.807) is 0 Å². The Hall–Kier alpha value is -0.580. The monoisotopic (exact) mass is 210 g/mol. The first-order valence-corrected chi connectivity index (χ1v) is 5.40. The van der Waals surface area contributed by atoms with E-state index in [9.17, 15) is 9.36 Å². The first kappa shape index (κ1) is 12.4. The minimum atomic E-state index is -3.44. The second kappa shape index (κ2) is 5.96. The lowest BCUT2D eigenvalue weighted by molar-refractivity contribution is 0.233. The van der Waals surface area contributed by atoms with Crippen molar-refractivity contribution < 1.29 is 18.4 Å². The summed E-state index contributed by atoms with van der Waals surface area (Å²) < 4.78 is 20.3. The van der Waals surface area contributed by atoms with Crippen molar-refractivity contribution in [2.24, 2.45) is 0 Å². The number of carbonyl (C=O) groups excluding carboxylic acids is 1. The molecule has 2 N–H and O–H groups in total. The predicted octanol–water partition coefficient (Wildman–Crippen LogP) is 1.10. The summed E-state index contributed by atoms with van der Waals surface area (Å²) in [6.07, 6.45) is 0.803. The average molecular weight is 210 g/mol. The Balaban J connectivity index is 3.95. The highest BCUT2D eigenvalue weighted by atomic mass is 31.2. The molecule has 0 aromatic rings. The third-order valence-corrected chi connectivity index (χ3v) is 2.69. The van der Waals surface area contributed by atoms with Gasteiger partial charge in [0.15, 0.2) is 0 Å². The molecule has 0 aromatic heterocycles. The Bertz CT molecular complexity index is 201. The second-order valence-corrected chi connectivity index (χ2v) is 4.18. The minimum absolute atomic E-state index is 0.513. The fraction of sp³-hybridized carbons (Fsp3) is 0.833. The van der Waals surface area contributed by atoms with Gasteiger partial charge in [0, 0.05) is 20.8 Å². The van der Waals surface area contributed by atoms with Crippen LogP contribution in [-0.4, -0.2) is 26.8 Å². The van der Waals surface area contributed by atoms with Crippen molar-refractivity contribution in [2.45, 2.75) is 13.3 Å². The molecule has 0 saturated heterocycles. The van der Waals surface area contributed by atoms with Crippen LogP contribution in [0.1, 0.15) is 13.3 Å². The standard InChI is InChI=1S/C6H15N2O4P/c1-4-5-7-6(9)8-13(10,11-2)12-3/h4-5H2,1-3H3,(H2,7,8,9,10). The molecule has 0 aliphatic rings. The number of rotatable bonds is 5. The van der Waals surface area contributed by atoms with Gasteiger partial charge in [-0.1, -0.05) is 6.92 Å². The normalized spacial score (nSPS) is 11.0. The van der Waals surface area contributed by atoms with Crippen LogP contribution in [0.4, 0.5) is 4.79 Å². The van der Waals surface area contributed by atoms with E-state index in [0.717, 1.165) is 6.42 Å². The Morgan fingerprint density at radius 3 is 2.31 bits per heavy atom. The van der Waals surface area contributed by atoms with Gasteiger partial charge >= 0.3 is 13.8 Å². The number of urea groups is 1. The Morgan fingerprint density at radius 1 is 1.38 bits per heavy atom. The van der Waals surface area contributed by atoms with Crippen molar-refractivity contribution in [3.8, 4) is 0 Å². The highest BCUT2D eigenvalue weighted by Gasteiger charge is 2.23. The molecular weight excluding hydrogens is 195 g/mol. The molecule has 0 fully saturated rings. The predicted molar refractivity (Wildman–Crippen MR) is 48.4 cm³/mol. The molecular formula is C6H15N2O4P. The SMILES string of the molecule is CCCNC(=O)NP(=O)(OC)OC. The molecule has 0 bridgehead atoms. The van der Waals surface area contributed by atoms with E-state index in [0.29, 0.717) is 6.54 Å². The van der Waals surface area contributed by atoms with Crippen molar-refractivity contribution >= 4 is 13.8 Å². The molecule has 7 heteroatoms. The summed E-state index contributed by atoms with van der Waals surface area (Å²) in [6.45, 7) is 2.42. The molecule has 0 radical (unpaired) electrons. The van der Waals surface area contributed by atoms with Crippen molar-refractivity contribution in [3.63, 3.8) is 0 Å². The summed E-state index contributed by atoms with van der Waals surface area (Å²) in [7, 11) is -1.04. The smallest absolute Gasteiger partial charge is 0.338 e. The molecule has 0 spiro atoms. The maximum absolute atomic E-state index is 11.3. The third-order valence-electron chi connectivity index (χ3n) is 1.25. The Labute approximate surface area is 77.6 Å². The molecule has 0 heterocycles. The lowest BCUT2D eigenvalue weighted by Gasteiger charge is -2.14. The molecule has 6 nitrogen and oxygen atoms in total. The van der Waals surface area contributed by atoms with Crippen LogP contribution in [0.5, 0.6) is 0 Å². The maximum atomic E-state index is 11.3. The lowest BCUT2D eigenvalue weighted by Crippen LogP contribution is -2.34. The number of hydrogen-bond donors (Lipinski definition) is 2. The van der Waals surface area contributed by atoms with Crippen molar-refractivity contribution in [1.29, 1.82) is 0 Å². The minimum Gasteiger partial charge on any atom is -0.338 e. The van der Waals surface area contributed by atoms with Gasteiger partial charge in [0.1, 0.15) is 0 Å². The molecule has 13 heavy (non-hydrogen) atoms. The fourth-order valence-corrected chi connectivity index (χ4v) is 1.23. The van der Waals surface area contributed by atoms with Gasteiger partial charge in [-0.15, -0.1) is 0 Å². The average Bonchev–Trinajstić information content (AvgIpc) is 2.14. The van der Waals surface area contributed by atoms with Crippen LogP contribution in [0.25, 0.3) is 0 Å². The quantitative estimate of drug-likeness (QED) is 0.666. The van der Waals surface area contributed by atoms with Crippen LogP contribution in [0.3, 0.4) is 0 Å². The van der Waals surface area contributed by atoms with Crippen molar-refractivity contribution in [2.75, 3.05) is 20.8 Å². The highest BCUT2D eigenvalue weighted by Crippen LogP contribution is 2.40. The number of carbonyl (C=O) groups is 1. The van der Waals surface area contributed by atoms with Crippen LogP contribution in [0.2, 0.25) is 0 Å². The molecule has 0 unspecified atom stereocenters. The van der Waals surface area contributed by atoms with E-state index in [-0.39, 0.29) is 0 Å². The fourth-order valence-electron chi connectivity index (χ4n) is 0.568. The lowest BCUT2D eigenvalue weighted by atomic mass is 10.5. The second-order valence-electron chi connectivity index (χ2n) is 2.23. The van der Waals surface area contributed by atoms with Crippen LogP contribution >= 0.6 is 7.75 Å². The van der Waals surface area contributed by atoms with E-state index < -0.39 is 13.8 Å². The zero-order chi connectivity index (χ0) is 10.3. The van der Waals surface area contributed by atoms with E-state index in [4.69, 9.17) is 0 Å². The first-order chi connectivity index (χ1) is 6.08. The zero-order valence-corrected chi connectivity index (χ0v) is 8.89. The third kappa shape index (κ3) is 4.87. The largest absolute Gasteiger partial charge is 0.435 e. The van der Waals surface area contributed by atoms with Gasteiger partial charge in [0.2, 0.25) is 0 Å². The van der Waals surface area contributed by atoms with E-state index in [1.807, 2.05) is 6.92 Å². The molecule has 0 aromatic carbocycles. The van der Waals surface area contributed by atoms with E-state index >= 15 is 0 Å². The summed E-state index contributed by atoms with van der Waals surface area (Å²) in [5.41, 5.74) is 0. The van der Waals surface area contributed by atoms with Crippen LogP contribution in [0.15, 0.2) is 0 Å². The van der Waals surface area contributed by atoms with Crippen molar-refractivity contribution in [3.05, 3.63) is 0 Å². The maximum Gasteiger partial charge on any atom is 0.435 e. The highest BCUT2D eigenvalue weighted by molar-refractivity contribution is 7.52. The molecule has 0 saturated carbocycles. The van der Waals surface area contributed by atoms with Crippen molar-refractivity contribution in [1.82, 2.24) is 10.4 Å². The van der Waals surface area contributed by atoms with E-state index in [1.165, 1.54) is 14.2 Å². The van der Waals surface area contributed by atoms with Gasteiger partial charge in [-0.25, -0.2) is 14.4 Å². The van der Waals surface area contributed by atoms with E-state index in [2.05, 4.69) is 19.5 Å². The molecule has 0 atom stereocenters. The molecule has 78 valence electrons. The summed E-state index contributed by atoms with van der Waals surface area (Å²) in [4.78, 5) is 11.0. The first-order valence-electron chi connectivity index (χ1n) is 3.85. The van der Waals surface area contributed by atoms with Gasteiger partial charge < -0.3 is 5.32 Å². The Morgan fingerprint density at radius 2 is 1.92 bits per heavy atom. The summed E-state index contributed by atoms with van der Waals surface area (Å²) in [5.74, 6) is 0. The van der Waals surface area contributed by atoms with Crippen LogP contribution in [-0.2, 0) is 13.6 Å². The molecule has 0 aliphatic heterocycles. The van der Waals surface area contributed by atoms with Gasteiger partial charge in [-0.3, -0.25) is 9.05 Å². The zero-order valence-electron chi connectivity index (χ0n) is 7.99. The van der Waals surface area contributed by atoms with Gasteiger partial charge in [0.25, 0.3) is 0 Å². The number of nitrogens with one attached hydrogen (secondary N) is 2. The van der Waals surface area contributed by atoms with Gasteiger partial charge in [0.05, 0.1) is 0 Å². The van der Waals surface area contributed by atoms with Gasteiger partial charge in [-0.2, -0.15) is 0 Å². The summed E-state index contributed by atoms with van der Waals surface area (Å²) in [5, 5.41) is 4.56. The summed E-state index contributed by atoms with van der Waals surface area (Å²) >= 11 is 0.